The molecule has 0 heterocycles. The summed E-state index contributed by atoms with van der Waals surface area (Å²) in [5.41, 5.74) is 0.269. The fourth-order valence-corrected chi connectivity index (χ4v) is 1.02. The fourth-order valence-electron chi connectivity index (χ4n) is 0.697. The van der Waals surface area contributed by atoms with E-state index in [1.807, 2.05) is 6.92 Å². The van der Waals surface area contributed by atoms with Crippen LogP contribution in [0.15, 0.2) is 0 Å². The zero-order chi connectivity index (χ0) is 6.91. The van der Waals surface area contributed by atoms with Gasteiger partial charge < -0.3 is 4.74 Å². The van der Waals surface area contributed by atoms with Crippen LogP contribution in [0.2, 0.25) is 0 Å². The molecule has 1 fully saturated rings. The molecule has 0 N–H and O–H groups in total. The molecule has 1 aliphatic carbocycles. The van der Waals surface area contributed by atoms with E-state index < -0.39 is 0 Å². The summed E-state index contributed by atoms with van der Waals surface area (Å²) in [6, 6.07) is 0. The van der Waals surface area contributed by atoms with E-state index in [0.29, 0.717) is 6.61 Å². The zero-order valence-electron chi connectivity index (χ0n) is 5.94. The van der Waals surface area contributed by atoms with Crippen LogP contribution in [0.1, 0.15) is 26.7 Å². The molecule has 9 heavy (non-hydrogen) atoms. The van der Waals surface area contributed by atoms with Crippen LogP contribution in [0.5, 0.6) is 0 Å². The Morgan fingerprint density at radius 1 is 1.67 bits per heavy atom. The van der Waals surface area contributed by atoms with E-state index >= 15 is 0 Å². The van der Waals surface area contributed by atoms with Gasteiger partial charge in [0.05, 0.1) is 6.61 Å². The summed E-state index contributed by atoms with van der Waals surface area (Å²) >= 11 is 5.03. The van der Waals surface area contributed by atoms with Crippen molar-refractivity contribution in [3.8, 4) is 0 Å². The van der Waals surface area contributed by atoms with Gasteiger partial charge in [-0.15, -0.1) is 0 Å². The summed E-state index contributed by atoms with van der Waals surface area (Å²) < 4.78 is 5.20. The van der Waals surface area contributed by atoms with Crippen molar-refractivity contribution >= 4 is 17.3 Å². The SMILES string of the molecule is CCOC(=S)C1(C)CC1. The van der Waals surface area contributed by atoms with Gasteiger partial charge in [0.1, 0.15) is 0 Å². The van der Waals surface area contributed by atoms with Crippen LogP contribution in [0, 0.1) is 5.41 Å². The van der Waals surface area contributed by atoms with E-state index in [9.17, 15) is 0 Å². The standard InChI is InChI=1S/C7H12OS/c1-3-8-6(9)7(2)4-5-7/h3-5H2,1-2H3. The Bertz CT molecular complexity index is 127. The monoisotopic (exact) mass is 144 g/mol. The van der Waals surface area contributed by atoms with E-state index in [-0.39, 0.29) is 5.41 Å². The Morgan fingerprint density at radius 2 is 2.22 bits per heavy atom. The maximum atomic E-state index is 5.20. The molecule has 0 aliphatic heterocycles. The average Bonchev–Trinajstić information content (AvgIpc) is 2.50. The normalized spacial score (nSPS) is 21.1. The van der Waals surface area contributed by atoms with Crippen LogP contribution in [-0.2, 0) is 4.74 Å². The van der Waals surface area contributed by atoms with Gasteiger partial charge in [0.25, 0.3) is 0 Å². The molecular formula is C7H12OS. The largest absolute Gasteiger partial charge is 0.487 e. The molecule has 0 aromatic rings. The minimum absolute atomic E-state index is 0.269. The lowest BCUT2D eigenvalue weighted by molar-refractivity contribution is 0.310. The van der Waals surface area contributed by atoms with Gasteiger partial charge in [-0.2, -0.15) is 0 Å². The first-order valence-electron chi connectivity index (χ1n) is 3.36. The van der Waals surface area contributed by atoms with Crippen LogP contribution in [0.4, 0.5) is 0 Å². The van der Waals surface area contributed by atoms with Crippen molar-refractivity contribution in [2.45, 2.75) is 26.7 Å². The Balaban J connectivity index is 2.34. The maximum Gasteiger partial charge on any atom is 0.165 e. The highest BCUT2D eigenvalue weighted by Crippen LogP contribution is 2.46. The van der Waals surface area contributed by atoms with Gasteiger partial charge in [-0.05, 0) is 32.0 Å². The zero-order valence-corrected chi connectivity index (χ0v) is 6.75. The molecule has 0 aromatic heterocycles. The molecule has 0 amide bonds. The highest BCUT2D eigenvalue weighted by molar-refractivity contribution is 7.80. The quantitative estimate of drug-likeness (QED) is 0.549. The molecule has 1 rings (SSSR count). The molecule has 0 aromatic carbocycles. The third kappa shape index (κ3) is 1.42. The molecule has 52 valence electrons. The highest BCUT2D eigenvalue weighted by Gasteiger charge is 2.42. The Kier molecular flexibility index (Phi) is 1.75. The van der Waals surface area contributed by atoms with E-state index in [0.717, 1.165) is 5.05 Å². The Hall–Kier alpha value is -0.110. The van der Waals surface area contributed by atoms with Gasteiger partial charge in [0, 0.05) is 5.41 Å². The fraction of sp³-hybridized carbons (Fsp3) is 0.857. The first-order valence-corrected chi connectivity index (χ1v) is 3.77. The van der Waals surface area contributed by atoms with Crippen molar-refractivity contribution in [2.75, 3.05) is 6.61 Å². The van der Waals surface area contributed by atoms with Crippen molar-refractivity contribution in [1.29, 1.82) is 0 Å². The molecule has 0 saturated heterocycles. The van der Waals surface area contributed by atoms with E-state index in [2.05, 4.69) is 6.92 Å². The number of rotatable bonds is 2. The molecule has 2 heteroatoms. The first kappa shape index (κ1) is 7.00. The number of ether oxygens (including phenoxy) is 1. The second-order valence-corrected chi connectivity index (χ2v) is 3.15. The van der Waals surface area contributed by atoms with Gasteiger partial charge in [-0.3, -0.25) is 0 Å². The molecule has 1 saturated carbocycles. The molecule has 0 atom stereocenters. The molecule has 1 nitrogen and oxygen atoms in total. The second kappa shape index (κ2) is 2.25. The van der Waals surface area contributed by atoms with Crippen molar-refractivity contribution in [1.82, 2.24) is 0 Å². The molecular weight excluding hydrogens is 132 g/mol. The summed E-state index contributed by atoms with van der Waals surface area (Å²) in [5.74, 6) is 0. The van der Waals surface area contributed by atoms with Crippen LogP contribution >= 0.6 is 12.2 Å². The summed E-state index contributed by atoms with van der Waals surface area (Å²) in [4.78, 5) is 0. The predicted octanol–water partition coefficient (Wildman–Crippen LogP) is 2.15. The smallest absolute Gasteiger partial charge is 0.165 e. The number of hydrogen-bond acceptors (Lipinski definition) is 2. The van der Waals surface area contributed by atoms with Crippen molar-refractivity contribution in [3.05, 3.63) is 0 Å². The second-order valence-electron chi connectivity index (χ2n) is 2.78. The average molecular weight is 144 g/mol. The minimum Gasteiger partial charge on any atom is -0.487 e. The third-order valence-corrected chi connectivity index (χ3v) is 2.38. The van der Waals surface area contributed by atoms with Crippen LogP contribution in [-0.4, -0.2) is 11.7 Å². The summed E-state index contributed by atoms with van der Waals surface area (Å²) in [6.07, 6.45) is 2.43. The highest BCUT2D eigenvalue weighted by atomic mass is 32.1. The lowest BCUT2D eigenvalue weighted by Gasteiger charge is -2.09. The molecule has 0 bridgehead atoms. The van der Waals surface area contributed by atoms with E-state index in [1.165, 1.54) is 12.8 Å². The molecule has 0 unspecified atom stereocenters. The molecule has 0 spiro atoms. The summed E-state index contributed by atoms with van der Waals surface area (Å²) in [6.45, 7) is 4.84. The number of thiocarbonyl (C=S) groups is 1. The van der Waals surface area contributed by atoms with Gasteiger partial charge in [-0.1, -0.05) is 6.92 Å². The third-order valence-electron chi connectivity index (χ3n) is 1.77. The molecule has 0 radical (unpaired) electrons. The summed E-state index contributed by atoms with van der Waals surface area (Å²) in [7, 11) is 0. The first-order chi connectivity index (χ1) is 4.19. The van der Waals surface area contributed by atoms with Crippen LogP contribution in [0.3, 0.4) is 0 Å². The topological polar surface area (TPSA) is 9.23 Å². The van der Waals surface area contributed by atoms with Crippen molar-refractivity contribution in [2.24, 2.45) is 5.41 Å². The predicted molar refractivity (Wildman–Crippen MR) is 41.6 cm³/mol. The maximum absolute atomic E-state index is 5.20. The van der Waals surface area contributed by atoms with Crippen molar-refractivity contribution in [3.63, 3.8) is 0 Å². The lowest BCUT2D eigenvalue weighted by atomic mass is 10.2. The molecule has 1 aliphatic rings. The van der Waals surface area contributed by atoms with Crippen LogP contribution in [0.25, 0.3) is 0 Å². The van der Waals surface area contributed by atoms with Gasteiger partial charge in [0.2, 0.25) is 0 Å². The Labute approximate surface area is 61.4 Å². The van der Waals surface area contributed by atoms with Gasteiger partial charge >= 0.3 is 0 Å². The Morgan fingerprint density at radius 3 is 2.56 bits per heavy atom. The van der Waals surface area contributed by atoms with Crippen LogP contribution < -0.4 is 0 Å². The number of hydrogen-bond donors (Lipinski definition) is 0. The van der Waals surface area contributed by atoms with Crippen molar-refractivity contribution < 1.29 is 4.74 Å². The van der Waals surface area contributed by atoms with Gasteiger partial charge in [-0.25, -0.2) is 0 Å². The lowest BCUT2D eigenvalue weighted by Crippen LogP contribution is -2.12. The van der Waals surface area contributed by atoms with Gasteiger partial charge in [0.15, 0.2) is 5.05 Å². The van der Waals surface area contributed by atoms with E-state index in [4.69, 9.17) is 17.0 Å². The summed E-state index contributed by atoms with van der Waals surface area (Å²) in [5, 5.41) is 0.810. The van der Waals surface area contributed by atoms with E-state index in [1.54, 1.807) is 0 Å². The minimum atomic E-state index is 0.269.